The number of aromatic nitrogens is 2. The molecule has 8 nitrogen and oxygen atoms in total. The van der Waals surface area contributed by atoms with Crippen LogP contribution in [0.25, 0.3) is 0 Å². The van der Waals surface area contributed by atoms with E-state index in [2.05, 4.69) is 20.0 Å². The molecule has 0 spiro atoms. The van der Waals surface area contributed by atoms with Crippen molar-refractivity contribution in [2.75, 3.05) is 18.5 Å². The van der Waals surface area contributed by atoms with E-state index < -0.39 is 17.7 Å². The Morgan fingerprint density at radius 2 is 1.88 bits per heavy atom. The van der Waals surface area contributed by atoms with Gasteiger partial charge in [-0.3, -0.25) is 4.79 Å². The van der Waals surface area contributed by atoms with Crippen LogP contribution < -0.4 is 14.8 Å². The van der Waals surface area contributed by atoms with Crippen LogP contribution in [-0.4, -0.2) is 57.0 Å². The molecule has 2 aromatic rings. The zero-order valence-corrected chi connectivity index (χ0v) is 17.9. The van der Waals surface area contributed by atoms with Crippen LogP contribution >= 0.6 is 0 Å². The molecule has 32 heavy (non-hydrogen) atoms. The van der Waals surface area contributed by atoms with Crippen LogP contribution in [0.3, 0.4) is 0 Å². The molecule has 2 N–H and O–H groups in total. The third kappa shape index (κ3) is 6.00. The van der Waals surface area contributed by atoms with Gasteiger partial charge in [0, 0.05) is 31.5 Å². The number of benzene rings is 1. The Hall–Kier alpha value is -3.08. The quantitative estimate of drug-likeness (QED) is 0.631. The van der Waals surface area contributed by atoms with Gasteiger partial charge in [-0.25, -0.2) is 9.97 Å². The largest absolute Gasteiger partial charge is 0.573 e. The highest BCUT2D eigenvalue weighted by Crippen LogP contribution is 2.30. The molecule has 174 valence electrons. The molecule has 1 aromatic heterocycles. The number of nitrogens with zero attached hydrogens (tertiary/aromatic N) is 3. The lowest BCUT2D eigenvalue weighted by Crippen LogP contribution is -2.60. The van der Waals surface area contributed by atoms with E-state index in [1.165, 1.54) is 18.5 Å². The Morgan fingerprint density at radius 3 is 2.41 bits per heavy atom. The van der Waals surface area contributed by atoms with E-state index in [-0.39, 0.29) is 42.4 Å². The average molecular weight is 454 g/mol. The topological polar surface area (TPSA) is 96.8 Å². The Morgan fingerprint density at radius 1 is 1.22 bits per heavy atom. The molecule has 1 saturated heterocycles. The van der Waals surface area contributed by atoms with Crippen LogP contribution in [0.15, 0.2) is 30.6 Å². The Bertz CT molecular complexity index is 946. The van der Waals surface area contributed by atoms with Crippen molar-refractivity contribution in [2.24, 2.45) is 0 Å². The van der Waals surface area contributed by atoms with Crippen molar-refractivity contribution >= 4 is 11.9 Å². The number of hydrogen-bond acceptors (Lipinski definition) is 7. The lowest BCUT2D eigenvalue weighted by atomic mass is 9.87. The molecular weight excluding hydrogens is 429 g/mol. The van der Waals surface area contributed by atoms with E-state index in [0.717, 1.165) is 12.5 Å². The molecule has 1 aliphatic heterocycles. The number of likely N-dealkylation sites (tertiary alicyclic amines) is 1. The summed E-state index contributed by atoms with van der Waals surface area (Å²) in [5.74, 6) is -0.223. The third-order valence-corrected chi connectivity index (χ3v) is 4.93. The fourth-order valence-electron chi connectivity index (χ4n) is 3.42. The summed E-state index contributed by atoms with van der Waals surface area (Å²) in [4.78, 5) is 22.4. The molecule has 3 rings (SSSR count). The predicted molar refractivity (Wildman–Crippen MR) is 109 cm³/mol. The van der Waals surface area contributed by atoms with Gasteiger partial charge in [-0.1, -0.05) is 0 Å². The minimum Gasteiger partial charge on any atom is -0.494 e. The van der Waals surface area contributed by atoms with Crippen molar-refractivity contribution < 1.29 is 32.5 Å². The summed E-state index contributed by atoms with van der Waals surface area (Å²) in [6, 6.07) is 3.71. The number of ether oxygens (including phenoxy) is 2. The van der Waals surface area contributed by atoms with Gasteiger partial charge in [0.1, 0.15) is 11.5 Å². The van der Waals surface area contributed by atoms with Crippen molar-refractivity contribution in [1.82, 2.24) is 14.9 Å². The summed E-state index contributed by atoms with van der Waals surface area (Å²) < 4.78 is 47.0. The SMILES string of the molecule is CCOc1cc(CNc2ncc(C(=O)N3CCC3C(C)(C)O)cn2)cc(OC(F)(F)F)c1. The molecule has 1 unspecified atom stereocenters. The number of anilines is 1. The molecule has 1 aromatic carbocycles. The first-order valence-corrected chi connectivity index (χ1v) is 10.1. The van der Waals surface area contributed by atoms with Crippen LogP contribution in [0.5, 0.6) is 11.5 Å². The third-order valence-electron chi connectivity index (χ3n) is 4.93. The van der Waals surface area contributed by atoms with E-state index in [0.29, 0.717) is 12.1 Å². The highest BCUT2D eigenvalue weighted by atomic mass is 19.4. The monoisotopic (exact) mass is 454 g/mol. The summed E-state index contributed by atoms with van der Waals surface area (Å²) >= 11 is 0. The molecule has 1 fully saturated rings. The number of carbonyl (C=O) groups is 1. The number of alkyl halides is 3. The van der Waals surface area contributed by atoms with Gasteiger partial charge in [0.05, 0.1) is 23.8 Å². The fraction of sp³-hybridized carbons (Fsp3) is 0.476. The summed E-state index contributed by atoms with van der Waals surface area (Å²) in [5.41, 5.74) is -0.252. The van der Waals surface area contributed by atoms with Gasteiger partial charge in [-0.05, 0) is 44.9 Å². The minimum atomic E-state index is -4.82. The molecule has 11 heteroatoms. The van der Waals surface area contributed by atoms with Gasteiger partial charge >= 0.3 is 6.36 Å². The molecule has 2 heterocycles. The smallest absolute Gasteiger partial charge is 0.494 e. The molecular formula is C21H25F3N4O4. The lowest BCUT2D eigenvalue weighted by molar-refractivity contribution is -0.274. The second-order valence-electron chi connectivity index (χ2n) is 7.90. The predicted octanol–water partition coefficient (Wildman–Crippen LogP) is 3.37. The Labute approximate surface area is 183 Å². The summed E-state index contributed by atoms with van der Waals surface area (Å²) in [6.45, 7) is 5.97. The first-order valence-electron chi connectivity index (χ1n) is 10.1. The van der Waals surface area contributed by atoms with E-state index >= 15 is 0 Å². The van der Waals surface area contributed by atoms with Crippen LogP contribution in [0.4, 0.5) is 19.1 Å². The van der Waals surface area contributed by atoms with Crippen LogP contribution in [0.1, 0.15) is 43.1 Å². The van der Waals surface area contributed by atoms with Gasteiger partial charge in [0.15, 0.2) is 0 Å². The zero-order chi connectivity index (χ0) is 23.5. The number of carbonyl (C=O) groups excluding carboxylic acids is 1. The van der Waals surface area contributed by atoms with Crippen molar-refractivity contribution in [3.8, 4) is 11.5 Å². The number of aliphatic hydroxyl groups is 1. The Kier molecular flexibility index (Phi) is 6.77. The van der Waals surface area contributed by atoms with Gasteiger partial charge in [0.2, 0.25) is 5.95 Å². The minimum absolute atomic E-state index is 0.106. The van der Waals surface area contributed by atoms with Gasteiger partial charge in [0.25, 0.3) is 5.91 Å². The number of hydrogen-bond donors (Lipinski definition) is 2. The first-order chi connectivity index (χ1) is 15.0. The maximum Gasteiger partial charge on any atom is 0.573 e. The van der Waals surface area contributed by atoms with Crippen molar-refractivity contribution in [3.63, 3.8) is 0 Å². The number of rotatable bonds is 8. The van der Waals surface area contributed by atoms with Gasteiger partial charge in [-0.15, -0.1) is 13.2 Å². The highest BCUT2D eigenvalue weighted by Gasteiger charge is 2.42. The maximum atomic E-state index is 12.6. The molecule has 0 radical (unpaired) electrons. The van der Waals surface area contributed by atoms with E-state index in [1.54, 1.807) is 31.7 Å². The van der Waals surface area contributed by atoms with Crippen LogP contribution in [0.2, 0.25) is 0 Å². The molecule has 0 bridgehead atoms. The van der Waals surface area contributed by atoms with Crippen LogP contribution in [-0.2, 0) is 6.54 Å². The highest BCUT2D eigenvalue weighted by molar-refractivity contribution is 5.94. The second kappa shape index (κ2) is 9.19. The lowest BCUT2D eigenvalue weighted by Gasteiger charge is -2.47. The number of nitrogens with one attached hydrogen (secondary N) is 1. The van der Waals surface area contributed by atoms with Gasteiger partial charge in [-0.2, -0.15) is 0 Å². The maximum absolute atomic E-state index is 12.6. The summed E-state index contributed by atoms with van der Waals surface area (Å²) in [5, 5.41) is 13.0. The summed E-state index contributed by atoms with van der Waals surface area (Å²) in [7, 11) is 0. The van der Waals surface area contributed by atoms with Crippen molar-refractivity contribution in [3.05, 3.63) is 41.7 Å². The Balaban J connectivity index is 1.65. The molecule has 0 saturated carbocycles. The average Bonchev–Trinajstić information content (AvgIpc) is 2.63. The van der Waals surface area contributed by atoms with Crippen molar-refractivity contribution in [2.45, 2.75) is 51.7 Å². The van der Waals surface area contributed by atoms with Crippen LogP contribution in [0, 0.1) is 0 Å². The zero-order valence-electron chi connectivity index (χ0n) is 17.9. The number of halogens is 3. The summed E-state index contributed by atoms with van der Waals surface area (Å²) in [6.07, 6.45) is -1.36. The molecule has 0 aliphatic carbocycles. The first kappa shape index (κ1) is 23.6. The van der Waals surface area contributed by atoms with Crippen molar-refractivity contribution in [1.29, 1.82) is 0 Å². The molecule has 1 atom stereocenters. The van der Waals surface area contributed by atoms with E-state index in [4.69, 9.17) is 4.74 Å². The van der Waals surface area contributed by atoms with Gasteiger partial charge < -0.3 is 24.8 Å². The van der Waals surface area contributed by atoms with E-state index in [9.17, 15) is 23.1 Å². The fourth-order valence-corrected chi connectivity index (χ4v) is 3.42. The molecule has 1 aliphatic rings. The molecule has 1 amide bonds. The number of amides is 1. The normalized spacial score (nSPS) is 16.3. The standard InChI is InChI=1S/C21H25F3N4O4/c1-4-31-15-7-13(8-16(9-15)32-21(22,23)24)10-25-19-26-11-14(12-27-19)18(29)28-6-5-17(28)20(2,3)30/h7-9,11-12,17,30H,4-6,10H2,1-3H3,(H,25,26,27). The second-order valence-corrected chi connectivity index (χ2v) is 7.90. The van der Waals surface area contributed by atoms with E-state index in [1.807, 2.05) is 0 Å².